The van der Waals surface area contributed by atoms with E-state index in [0.29, 0.717) is 5.02 Å². The van der Waals surface area contributed by atoms with E-state index in [1.807, 2.05) is 6.07 Å². The summed E-state index contributed by atoms with van der Waals surface area (Å²) in [6.07, 6.45) is 3.06. The molecule has 9 heteroatoms. The van der Waals surface area contributed by atoms with Gasteiger partial charge in [-0.05, 0) is 18.2 Å². The van der Waals surface area contributed by atoms with Crippen LogP contribution in [0.1, 0.15) is 17.2 Å². The Morgan fingerprint density at radius 3 is 2.92 bits per heavy atom. The van der Waals surface area contributed by atoms with Crippen LogP contribution in [0.2, 0.25) is 5.02 Å². The number of benzene rings is 1. The molecule has 0 spiro atoms. The number of rotatable bonds is 3. The smallest absolute Gasteiger partial charge is 0.244 e. The van der Waals surface area contributed by atoms with Crippen molar-refractivity contribution in [1.82, 2.24) is 14.1 Å². The van der Waals surface area contributed by atoms with Gasteiger partial charge in [0, 0.05) is 36.9 Å². The Morgan fingerprint density at radius 2 is 2.25 bits per heavy atom. The molecule has 1 aromatic heterocycles. The summed E-state index contributed by atoms with van der Waals surface area (Å²) >= 11 is 5.85. The van der Waals surface area contributed by atoms with E-state index in [9.17, 15) is 13.7 Å². The molecule has 0 amide bonds. The molecule has 1 aromatic carbocycles. The van der Waals surface area contributed by atoms with E-state index in [1.165, 1.54) is 22.5 Å². The Labute approximate surface area is 145 Å². The Balaban J connectivity index is 1.91. The second kappa shape index (κ2) is 6.53. The maximum atomic E-state index is 12.9. The molecule has 3 rings (SSSR count). The number of sulfonamides is 1. The highest BCUT2D eigenvalue weighted by molar-refractivity contribution is 7.89. The minimum absolute atomic E-state index is 0.0342. The van der Waals surface area contributed by atoms with Gasteiger partial charge in [-0.1, -0.05) is 11.6 Å². The van der Waals surface area contributed by atoms with Gasteiger partial charge in [0.05, 0.1) is 24.5 Å². The van der Waals surface area contributed by atoms with Crippen LogP contribution in [0.25, 0.3) is 0 Å². The Hall–Kier alpha value is -1.92. The van der Waals surface area contributed by atoms with Crippen LogP contribution in [0.15, 0.2) is 35.5 Å². The lowest BCUT2D eigenvalue weighted by Gasteiger charge is -2.31. The van der Waals surface area contributed by atoms with E-state index < -0.39 is 10.0 Å². The first kappa shape index (κ1) is 16.9. The molecule has 2 aromatic rings. The summed E-state index contributed by atoms with van der Waals surface area (Å²) in [6.45, 7) is 0.669. The highest BCUT2D eigenvalue weighted by Crippen LogP contribution is 2.28. The maximum Gasteiger partial charge on any atom is 0.244 e. The van der Waals surface area contributed by atoms with Crippen molar-refractivity contribution in [3.8, 4) is 6.07 Å². The molecule has 1 fully saturated rings. The summed E-state index contributed by atoms with van der Waals surface area (Å²) in [5.41, 5.74) is 0.848. The number of ether oxygens (including phenoxy) is 1. The molecule has 0 saturated carbocycles. The third kappa shape index (κ3) is 3.16. The standard InChI is InChI=1S/C15H15ClN4O3S/c1-19-9-12(8-18-19)14-10-20(4-5-23-14)24(21,22)15-3-2-13(16)6-11(15)7-17/h2-3,6,8-9,14H,4-5,10H2,1H3/t14-/m0/s1. The molecule has 0 radical (unpaired) electrons. The van der Waals surface area contributed by atoms with Crippen LogP contribution in [0, 0.1) is 11.3 Å². The van der Waals surface area contributed by atoms with Crippen LogP contribution < -0.4 is 0 Å². The van der Waals surface area contributed by atoms with Crippen molar-refractivity contribution in [1.29, 1.82) is 5.26 Å². The molecule has 0 bridgehead atoms. The molecule has 24 heavy (non-hydrogen) atoms. The molecule has 126 valence electrons. The van der Waals surface area contributed by atoms with Gasteiger partial charge in [-0.2, -0.15) is 14.7 Å². The Bertz CT molecular complexity index is 904. The van der Waals surface area contributed by atoms with E-state index in [-0.39, 0.29) is 36.3 Å². The van der Waals surface area contributed by atoms with Crippen LogP contribution in [0.4, 0.5) is 0 Å². The second-order valence-corrected chi connectivity index (χ2v) is 7.76. The van der Waals surface area contributed by atoms with Gasteiger partial charge in [-0.3, -0.25) is 4.68 Å². The Morgan fingerprint density at radius 1 is 1.46 bits per heavy atom. The van der Waals surface area contributed by atoms with Crippen LogP contribution >= 0.6 is 11.6 Å². The molecular formula is C15H15ClN4O3S. The first-order chi connectivity index (χ1) is 11.4. The zero-order chi connectivity index (χ0) is 17.3. The zero-order valence-corrected chi connectivity index (χ0v) is 14.5. The van der Waals surface area contributed by atoms with Gasteiger partial charge in [0.2, 0.25) is 10.0 Å². The maximum absolute atomic E-state index is 12.9. The predicted octanol–water partition coefficient (Wildman–Crippen LogP) is 1.71. The SMILES string of the molecule is Cn1cc([C@@H]2CN(S(=O)(=O)c3ccc(Cl)cc3C#N)CCO2)cn1. The minimum atomic E-state index is -3.81. The summed E-state index contributed by atoms with van der Waals surface area (Å²) in [5, 5.41) is 13.6. The van der Waals surface area contributed by atoms with Crippen molar-refractivity contribution in [2.24, 2.45) is 7.05 Å². The third-order valence-electron chi connectivity index (χ3n) is 3.81. The summed E-state index contributed by atoms with van der Waals surface area (Å²) in [6, 6.07) is 6.08. The van der Waals surface area contributed by atoms with E-state index in [1.54, 1.807) is 24.1 Å². The summed E-state index contributed by atoms with van der Waals surface area (Å²) in [5.74, 6) is 0. The lowest BCUT2D eigenvalue weighted by molar-refractivity contribution is -0.00259. The van der Waals surface area contributed by atoms with Gasteiger partial charge in [0.1, 0.15) is 11.0 Å². The molecule has 1 aliphatic rings. The van der Waals surface area contributed by atoms with Crippen molar-refractivity contribution >= 4 is 21.6 Å². The van der Waals surface area contributed by atoms with Crippen molar-refractivity contribution in [2.45, 2.75) is 11.0 Å². The molecule has 1 saturated heterocycles. The van der Waals surface area contributed by atoms with Crippen LogP contribution in [0.3, 0.4) is 0 Å². The number of morpholine rings is 1. The summed E-state index contributed by atoms with van der Waals surface area (Å²) in [4.78, 5) is -0.0405. The number of hydrogen-bond acceptors (Lipinski definition) is 5. The number of nitrogens with zero attached hydrogens (tertiary/aromatic N) is 4. The quantitative estimate of drug-likeness (QED) is 0.825. The second-order valence-electron chi connectivity index (χ2n) is 5.42. The fraction of sp³-hybridized carbons (Fsp3) is 0.333. The first-order valence-electron chi connectivity index (χ1n) is 7.22. The highest BCUT2D eigenvalue weighted by Gasteiger charge is 2.33. The average molecular weight is 367 g/mol. The first-order valence-corrected chi connectivity index (χ1v) is 9.03. The minimum Gasteiger partial charge on any atom is -0.371 e. The fourth-order valence-corrected chi connectivity index (χ4v) is 4.32. The van der Waals surface area contributed by atoms with Gasteiger partial charge in [0.25, 0.3) is 0 Å². The molecule has 0 aliphatic carbocycles. The monoisotopic (exact) mass is 366 g/mol. The van der Waals surface area contributed by atoms with E-state index in [0.717, 1.165) is 5.56 Å². The fourth-order valence-electron chi connectivity index (χ4n) is 2.61. The highest BCUT2D eigenvalue weighted by atomic mass is 35.5. The summed E-state index contributed by atoms with van der Waals surface area (Å²) in [7, 11) is -2.03. The van der Waals surface area contributed by atoms with Crippen molar-refractivity contribution in [3.05, 3.63) is 46.7 Å². The zero-order valence-electron chi connectivity index (χ0n) is 12.9. The van der Waals surface area contributed by atoms with Crippen molar-refractivity contribution in [2.75, 3.05) is 19.7 Å². The molecule has 7 nitrogen and oxygen atoms in total. The van der Waals surface area contributed by atoms with Crippen LogP contribution in [-0.4, -0.2) is 42.2 Å². The molecule has 0 N–H and O–H groups in total. The van der Waals surface area contributed by atoms with E-state index in [4.69, 9.17) is 16.3 Å². The molecule has 1 aliphatic heterocycles. The predicted molar refractivity (Wildman–Crippen MR) is 86.8 cm³/mol. The lowest BCUT2D eigenvalue weighted by Crippen LogP contribution is -2.42. The van der Waals surface area contributed by atoms with Gasteiger partial charge in [-0.25, -0.2) is 8.42 Å². The Kier molecular flexibility index (Phi) is 4.60. The number of nitriles is 1. The number of halogens is 1. The topological polar surface area (TPSA) is 88.2 Å². The number of aromatic nitrogens is 2. The molecule has 0 unspecified atom stereocenters. The van der Waals surface area contributed by atoms with Gasteiger partial charge in [0.15, 0.2) is 0 Å². The van der Waals surface area contributed by atoms with E-state index >= 15 is 0 Å². The number of hydrogen-bond donors (Lipinski definition) is 0. The summed E-state index contributed by atoms with van der Waals surface area (Å²) < 4.78 is 34.5. The molecule has 2 heterocycles. The molecule has 1 atom stereocenters. The molecular weight excluding hydrogens is 352 g/mol. The normalized spacial score (nSPS) is 19.1. The van der Waals surface area contributed by atoms with Crippen LogP contribution in [-0.2, 0) is 21.8 Å². The van der Waals surface area contributed by atoms with Gasteiger partial charge in [-0.15, -0.1) is 0 Å². The third-order valence-corrected chi connectivity index (χ3v) is 5.96. The number of aryl methyl sites for hydroxylation is 1. The van der Waals surface area contributed by atoms with Crippen molar-refractivity contribution in [3.63, 3.8) is 0 Å². The van der Waals surface area contributed by atoms with Crippen LogP contribution in [0.5, 0.6) is 0 Å². The largest absolute Gasteiger partial charge is 0.371 e. The van der Waals surface area contributed by atoms with Crippen molar-refractivity contribution < 1.29 is 13.2 Å². The van der Waals surface area contributed by atoms with Gasteiger partial charge < -0.3 is 4.74 Å². The lowest BCUT2D eigenvalue weighted by atomic mass is 10.2. The van der Waals surface area contributed by atoms with Gasteiger partial charge >= 0.3 is 0 Å². The van der Waals surface area contributed by atoms with E-state index in [2.05, 4.69) is 5.10 Å². The average Bonchev–Trinajstić information content (AvgIpc) is 3.01.